The van der Waals surface area contributed by atoms with Crippen LogP contribution < -0.4 is 4.90 Å². The molecule has 0 N–H and O–H groups in total. The topological polar surface area (TPSA) is 67.4 Å². The van der Waals surface area contributed by atoms with E-state index in [-0.39, 0.29) is 5.91 Å². The lowest BCUT2D eigenvalue weighted by Crippen LogP contribution is -2.23. The van der Waals surface area contributed by atoms with Crippen molar-refractivity contribution in [1.29, 1.82) is 0 Å². The van der Waals surface area contributed by atoms with Crippen LogP contribution in [0.1, 0.15) is 30.9 Å². The van der Waals surface area contributed by atoms with Gasteiger partial charge >= 0.3 is 0 Å². The maximum atomic E-state index is 11.8. The Bertz CT molecular complexity index is 651. The number of nitrogens with zero attached hydrogens (tertiary/aromatic N) is 5. The number of rotatable bonds is 4. The summed E-state index contributed by atoms with van der Waals surface area (Å²) in [6, 6.07) is 0.367. The number of carbonyl (C=O) groups excluding carboxylic acids is 1. The first-order chi connectivity index (χ1) is 10.8. The summed E-state index contributed by atoms with van der Waals surface area (Å²) in [7, 11) is 0. The summed E-state index contributed by atoms with van der Waals surface area (Å²) in [6.45, 7) is 3.67. The highest BCUT2D eigenvalue weighted by Crippen LogP contribution is 2.26. The van der Waals surface area contributed by atoms with Crippen molar-refractivity contribution in [2.24, 2.45) is 0 Å². The van der Waals surface area contributed by atoms with Crippen molar-refractivity contribution >= 4 is 11.6 Å². The van der Waals surface area contributed by atoms with Gasteiger partial charge in [-0.1, -0.05) is 5.16 Å². The van der Waals surface area contributed by atoms with E-state index in [4.69, 9.17) is 4.52 Å². The van der Waals surface area contributed by atoms with Crippen molar-refractivity contribution in [2.45, 2.75) is 31.8 Å². The molecule has 2 fully saturated rings. The van der Waals surface area contributed by atoms with Crippen LogP contribution in [-0.2, 0) is 11.3 Å². The Kier molecular flexibility index (Phi) is 3.42. The van der Waals surface area contributed by atoms with E-state index < -0.39 is 0 Å². The number of anilines is 1. The maximum absolute atomic E-state index is 11.8. The van der Waals surface area contributed by atoms with Gasteiger partial charge in [0.1, 0.15) is 6.26 Å². The smallest absolute Gasteiger partial charge is 0.227 e. The summed E-state index contributed by atoms with van der Waals surface area (Å²) >= 11 is 0. The van der Waals surface area contributed by atoms with Gasteiger partial charge < -0.3 is 9.42 Å². The molecule has 2 aliphatic rings. The molecular formula is C15H19N5O2. The molecule has 4 heterocycles. The molecule has 4 rings (SSSR count). The molecule has 0 spiro atoms. The molecule has 2 aromatic rings. The minimum absolute atomic E-state index is 0.208. The van der Waals surface area contributed by atoms with E-state index in [2.05, 4.69) is 15.2 Å². The zero-order chi connectivity index (χ0) is 14.9. The third-order valence-electron chi connectivity index (χ3n) is 4.48. The van der Waals surface area contributed by atoms with Gasteiger partial charge in [0.05, 0.1) is 24.1 Å². The lowest BCUT2D eigenvalue weighted by molar-refractivity contribution is -0.117. The van der Waals surface area contributed by atoms with Gasteiger partial charge in [-0.15, -0.1) is 0 Å². The minimum atomic E-state index is 0.208. The predicted molar refractivity (Wildman–Crippen MR) is 79.2 cm³/mol. The van der Waals surface area contributed by atoms with Crippen molar-refractivity contribution in [2.75, 3.05) is 24.5 Å². The van der Waals surface area contributed by atoms with Gasteiger partial charge in [0.15, 0.2) is 0 Å². The molecule has 2 saturated heterocycles. The Hall–Kier alpha value is -2.15. The van der Waals surface area contributed by atoms with Crippen molar-refractivity contribution < 1.29 is 9.32 Å². The van der Waals surface area contributed by atoms with E-state index in [0.29, 0.717) is 12.5 Å². The molecule has 0 radical (unpaired) electrons. The average molecular weight is 301 g/mol. The molecule has 22 heavy (non-hydrogen) atoms. The van der Waals surface area contributed by atoms with Crippen LogP contribution in [0.3, 0.4) is 0 Å². The Morgan fingerprint density at radius 1 is 1.32 bits per heavy atom. The number of hydrogen-bond donors (Lipinski definition) is 0. The van der Waals surface area contributed by atoms with Crippen LogP contribution in [0.4, 0.5) is 5.69 Å². The molecule has 1 unspecified atom stereocenters. The van der Waals surface area contributed by atoms with Gasteiger partial charge in [-0.3, -0.25) is 14.4 Å². The summed E-state index contributed by atoms with van der Waals surface area (Å²) < 4.78 is 6.88. The van der Waals surface area contributed by atoms with Crippen LogP contribution in [0, 0.1) is 0 Å². The number of aromatic nitrogens is 3. The first kappa shape index (κ1) is 13.5. The van der Waals surface area contributed by atoms with Crippen molar-refractivity contribution in [1.82, 2.24) is 19.8 Å². The Morgan fingerprint density at radius 2 is 2.27 bits per heavy atom. The Labute approximate surface area is 128 Å². The number of hydrogen-bond acceptors (Lipinski definition) is 5. The maximum Gasteiger partial charge on any atom is 0.227 e. The lowest BCUT2D eigenvalue weighted by atomic mass is 10.3. The van der Waals surface area contributed by atoms with Crippen molar-refractivity contribution in [3.05, 3.63) is 30.4 Å². The van der Waals surface area contributed by atoms with Crippen LogP contribution in [0.5, 0.6) is 0 Å². The van der Waals surface area contributed by atoms with Crippen LogP contribution >= 0.6 is 0 Å². The quantitative estimate of drug-likeness (QED) is 0.855. The lowest BCUT2D eigenvalue weighted by Gasteiger charge is -2.15. The summed E-state index contributed by atoms with van der Waals surface area (Å²) in [5.74, 6) is 0.208. The van der Waals surface area contributed by atoms with Gasteiger partial charge in [-0.2, -0.15) is 5.10 Å². The molecule has 1 amide bonds. The monoisotopic (exact) mass is 301 g/mol. The molecule has 2 aliphatic heterocycles. The molecule has 7 heteroatoms. The van der Waals surface area contributed by atoms with Gasteiger partial charge in [0.25, 0.3) is 0 Å². The highest BCUT2D eigenvalue weighted by Gasteiger charge is 2.27. The van der Waals surface area contributed by atoms with Crippen LogP contribution in [0.25, 0.3) is 0 Å². The first-order valence-corrected chi connectivity index (χ1v) is 7.75. The zero-order valence-electron chi connectivity index (χ0n) is 12.4. The second-order valence-corrected chi connectivity index (χ2v) is 6.04. The molecule has 116 valence electrons. The van der Waals surface area contributed by atoms with Crippen molar-refractivity contribution in [3.63, 3.8) is 0 Å². The first-order valence-electron chi connectivity index (χ1n) is 7.75. The Morgan fingerprint density at radius 3 is 3.05 bits per heavy atom. The second kappa shape index (κ2) is 5.57. The number of carbonyl (C=O) groups is 1. The SMILES string of the molecule is O=C1CCCN1c1cnn(C2CCN(Cc3cnoc3)C2)c1. The fourth-order valence-electron chi connectivity index (χ4n) is 3.32. The zero-order valence-corrected chi connectivity index (χ0v) is 12.4. The largest absolute Gasteiger partial charge is 0.364 e. The summed E-state index contributed by atoms with van der Waals surface area (Å²) in [5.41, 5.74) is 2.03. The molecule has 0 aliphatic carbocycles. The molecular weight excluding hydrogens is 282 g/mol. The third-order valence-corrected chi connectivity index (χ3v) is 4.48. The van der Waals surface area contributed by atoms with E-state index in [1.807, 2.05) is 22.0 Å². The standard InChI is InChI=1S/C15H19N5O2/c21-15-2-1-4-19(15)14-7-16-20(10-14)13-3-5-18(9-13)8-12-6-17-22-11-12/h6-7,10-11,13H,1-5,8-9H2. The normalized spacial score (nSPS) is 22.8. The highest BCUT2D eigenvalue weighted by molar-refractivity contribution is 5.95. The fraction of sp³-hybridized carbons (Fsp3) is 0.533. The molecule has 1 atom stereocenters. The number of likely N-dealkylation sites (tertiary alicyclic amines) is 1. The molecule has 2 aromatic heterocycles. The van der Waals surface area contributed by atoms with Crippen LogP contribution in [-0.4, -0.2) is 45.4 Å². The predicted octanol–water partition coefficient (Wildman–Crippen LogP) is 1.44. The fourth-order valence-corrected chi connectivity index (χ4v) is 3.32. The number of amides is 1. The van der Waals surface area contributed by atoms with E-state index in [1.165, 1.54) is 0 Å². The molecule has 0 saturated carbocycles. The van der Waals surface area contributed by atoms with Crippen LogP contribution in [0.2, 0.25) is 0 Å². The Balaban J connectivity index is 1.41. The van der Waals surface area contributed by atoms with Gasteiger partial charge in [-0.25, -0.2) is 0 Å². The summed E-state index contributed by atoms with van der Waals surface area (Å²) in [4.78, 5) is 16.0. The molecule has 0 bridgehead atoms. The van der Waals surface area contributed by atoms with Gasteiger partial charge in [0, 0.05) is 44.4 Å². The molecule has 7 nitrogen and oxygen atoms in total. The highest BCUT2D eigenvalue weighted by atomic mass is 16.5. The van der Waals surface area contributed by atoms with Crippen molar-refractivity contribution in [3.8, 4) is 0 Å². The minimum Gasteiger partial charge on any atom is -0.364 e. The summed E-state index contributed by atoms with van der Waals surface area (Å²) in [5, 5.41) is 8.21. The van der Waals surface area contributed by atoms with Crippen LogP contribution in [0.15, 0.2) is 29.4 Å². The average Bonchev–Trinajstić information content (AvgIpc) is 3.25. The van der Waals surface area contributed by atoms with E-state index >= 15 is 0 Å². The van der Waals surface area contributed by atoms with E-state index in [0.717, 1.165) is 50.3 Å². The summed E-state index contributed by atoms with van der Waals surface area (Å²) in [6.07, 6.45) is 9.95. The van der Waals surface area contributed by atoms with E-state index in [9.17, 15) is 4.79 Å². The van der Waals surface area contributed by atoms with Gasteiger partial charge in [0.2, 0.25) is 5.91 Å². The third kappa shape index (κ3) is 2.52. The molecule has 0 aromatic carbocycles. The second-order valence-electron chi connectivity index (χ2n) is 6.04. The van der Waals surface area contributed by atoms with Gasteiger partial charge in [-0.05, 0) is 12.8 Å². The van der Waals surface area contributed by atoms with E-state index in [1.54, 1.807) is 12.5 Å².